The van der Waals surface area contributed by atoms with Crippen molar-refractivity contribution in [2.45, 2.75) is 237 Å². The first kappa shape index (κ1) is 103. The highest BCUT2D eigenvalue weighted by Gasteiger charge is 2.47. The second-order valence-electron chi connectivity index (χ2n) is 28.0. The van der Waals surface area contributed by atoms with E-state index < -0.39 is 161 Å². The van der Waals surface area contributed by atoms with Gasteiger partial charge >= 0.3 is 31.3 Å². The Morgan fingerprint density at radius 2 is 0.664 bits per heavy atom. The summed E-state index contributed by atoms with van der Waals surface area (Å²) in [5.74, 6) is -1.52. The first-order valence-electron chi connectivity index (χ1n) is 38.3. The van der Waals surface area contributed by atoms with Crippen LogP contribution in [0.25, 0.3) is 0 Å². The molecule has 110 heavy (non-hydrogen) atoms. The van der Waals surface area contributed by atoms with Crippen molar-refractivity contribution in [2.24, 2.45) is 23.2 Å². The molecule has 3 aliphatic rings. The fourth-order valence-electron chi connectivity index (χ4n) is 11.2. The smallest absolute Gasteiger partial charge is 0.394 e. The van der Waals surface area contributed by atoms with Gasteiger partial charge in [0.2, 0.25) is 5.91 Å². The second-order valence-corrected chi connectivity index (χ2v) is 33.8. The molecule has 3 saturated heterocycles. The van der Waals surface area contributed by atoms with E-state index in [1.807, 2.05) is 20.8 Å². The molecule has 3 rings (SSSR count). The lowest BCUT2D eigenvalue weighted by Crippen LogP contribution is -2.64. The Labute approximate surface area is 646 Å². The molecule has 0 saturated carbocycles. The van der Waals surface area contributed by atoms with Crippen molar-refractivity contribution in [1.29, 1.82) is 0 Å². The van der Waals surface area contributed by atoms with Gasteiger partial charge in [-0.1, -0.05) is 59.3 Å². The second kappa shape index (κ2) is 58.1. The van der Waals surface area contributed by atoms with Crippen LogP contribution < -0.4 is 5.32 Å². The van der Waals surface area contributed by atoms with E-state index >= 15 is 0 Å². The summed E-state index contributed by atoms with van der Waals surface area (Å²) in [7, 11) is -18.4. The molecule has 11 unspecified atom stereocenters. The van der Waals surface area contributed by atoms with E-state index in [0.29, 0.717) is 103 Å². The molecule has 3 fully saturated rings. The van der Waals surface area contributed by atoms with Gasteiger partial charge in [0, 0.05) is 84.1 Å². The van der Waals surface area contributed by atoms with Crippen LogP contribution in [-0.2, 0) is 116 Å². The van der Waals surface area contributed by atoms with Crippen molar-refractivity contribution in [3.8, 4) is 0 Å². The van der Waals surface area contributed by atoms with Crippen molar-refractivity contribution >= 4 is 37.2 Å². The van der Waals surface area contributed by atoms with Crippen LogP contribution >= 0.6 is 31.3 Å². The maximum absolute atomic E-state index is 13.5. The maximum atomic E-state index is 13.5. The first-order chi connectivity index (χ1) is 52.3. The van der Waals surface area contributed by atoms with E-state index in [2.05, 4.69) is 5.32 Å². The minimum atomic E-state index is -4.83. The van der Waals surface area contributed by atoms with Crippen LogP contribution in [0.2, 0.25) is 0 Å². The Morgan fingerprint density at radius 1 is 0.373 bits per heavy atom. The minimum Gasteiger partial charge on any atom is -0.394 e. The number of carbonyl (C=O) groups excluding carboxylic acids is 1. The van der Waals surface area contributed by atoms with Gasteiger partial charge in [-0.15, -0.1) is 0 Å². The Hall–Kier alpha value is -0.930. The van der Waals surface area contributed by atoms with Gasteiger partial charge < -0.3 is 128 Å². The van der Waals surface area contributed by atoms with E-state index in [0.717, 1.165) is 6.42 Å². The molecule has 3 aliphatic heterocycles. The summed E-state index contributed by atoms with van der Waals surface area (Å²) < 4.78 is 163. The van der Waals surface area contributed by atoms with Gasteiger partial charge in [0.05, 0.1) is 129 Å². The third kappa shape index (κ3) is 44.8. The average molecular weight is 1680 g/mol. The lowest BCUT2D eigenvalue weighted by molar-refractivity contribution is -0.282. The SMILES string of the molecule is CC(=O)NC1[C@H](OCCCCCCOP(=O)(O)OCCCOCC(COCCCOP(=O)(O)OCCCCCCO[C@@H]2OC(CO)[C@H](O)[C@H](O)C2C)(COCCCOP(=O)(O)OCCCCCCO[C@@H]2OC(CO)[C@H](O)[C@H](O)C2C)COP(=O)(O)OCCCOCC(C)COCCCOC(C)C)OC(CO)[C@H](O)[C@@H]1O. The largest absolute Gasteiger partial charge is 0.472 e. The van der Waals surface area contributed by atoms with Crippen LogP contribution in [0.4, 0.5) is 0 Å². The van der Waals surface area contributed by atoms with Crippen molar-refractivity contribution < 1.29 is 182 Å². The normalized spacial score (nSPS) is 27.8. The summed E-state index contributed by atoms with van der Waals surface area (Å²) in [6.45, 7) is 8.08. The highest BCUT2D eigenvalue weighted by Crippen LogP contribution is 2.47. The molecule has 654 valence electrons. The van der Waals surface area contributed by atoms with Crippen LogP contribution in [-0.4, -0.2) is 323 Å². The van der Waals surface area contributed by atoms with Crippen LogP contribution in [0.5, 0.6) is 0 Å². The Morgan fingerprint density at radius 3 is 1.00 bits per heavy atom. The zero-order valence-electron chi connectivity index (χ0n) is 64.8. The molecule has 20 atom stereocenters. The predicted octanol–water partition coefficient (Wildman–Crippen LogP) is 3.43. The molecule has 0 aromatic rings. The van der Waals surface area contributed by atoms with Crippen molar-refractivity contribution in [1.82, 2.24) is 5.32 Å². The summed E-state index contributed by atoms with van der Waals surface area (Å²) >= 11 is 0. The summed E-state index contributed by atoms with van der Waals surface area (Å²) in [6, 6.07) is -1.09. The Kier molecular flexibility index (Phi) is 54.5. The number of rotatable bonds is 69. The zero-order valence-corrected chi connectivity index (χ0v) is 68.4. The molecule has 43 heteroatoms. The summed E-state index contributed by atoms with van der Waals surface area (Å²) in [6.07, 6.45) is -6.09. The van der Waals surface area contributed by atoms with Gasteiger partial charge in [0.15, 0.2) is 18.9 Å². The fourth-order valence-corrected chi connectivity index (χ4v) is 14.4. The molecule has 1 amide bonds. The van der Waals surface area contributed by atoms with Crippen LogP contribution in [0.15, 0.2) is 0 Å². The first-order valence-corrected chi connectivity index (χ1v) is 44.3. The summed E-state index contributed by atoms with van der Waals surface area (Å²) in [4.78, 5) is 54.1. The standard InChI is InChI=1S/C67H133NO38P4/c1-49(2)92-32-19-24-87-43-50(3)44-88-25-20-36-102-110(85,86)103-48-67(45-89-26-21-37-99-107(79,80)96-33-16-10-7-13-29-93-64-51(4)58(73)60(75)54(40-69)104-64,46-90-27-22-38-100-108(81,82)97-34-17-11-8-14-30-94-65-52(5)59(74)61(76)55(41-70)105-65)47-91-28-23-39-101-109(83,84)98-35-18-12-9-15-31-95-66-57(68-53(6)72)63(78)62(77)56(42-71)106-66/h49-52,54-66,69-71,73-78H,7-48H2,1-6H3,(H,68,72)(H,79,80)(H,81,82)(H,83,84)(H,85,86)/t50?,51?,52?,54?,55?,56?,57?,58-,59-,60+,61+,62+,63-,64-,65-,66-,67?/m1/s1. The van der Waals surface area contributed by atoms with Gasteiger partial charge in [-0.3, -0.25) is 41.0 Å². The molecular weight excluding hydrogens is 1550 g/mol. The molecule has 0 spiro atoms. The topological polar surface area (TPSA) is 545 Å². The number of aliphatic hydroxyl groups is 9. The lowest BCUT2D eigenvalue weighted by atomic mass is 9.92. The number of phosphoric ester groups is 4. The van der Waals surface area contributed by atoms with E-state index in [1.165, 1.54) is 6.92 Å². The number of nitrogens with one attached hydrogen (secondary N) is 1. The number of carbonyl (C=O) groups is 1. The molecular formula is C67H133NO38P4. The van der Waals surface area contributed by atoms with Crippen LogP contribution in [0.1, 0.15) is 151 Å². The average Bonchev–Trinajstić information content (AvgIpc) is 0.826. The van der Waals surface area contributed by atoms with E-state index in [9.17, 15) is 88.6 Å². The van der Waals surface area contributed by atoms with Crippen molar-refractivity contribution in [2.75, 3.05) is 165 Å². The van der Waals surface area contributed by atoms with Crippen molar-refractivity contribution in [3.63, 3.8) is 0 Å². The van der Waals surface area contributed by atoms with E-state index in [4.69, 9.17) is 93.0 Å². The Bertz CT molecular complexity index is 2460. The predicted molar refractivity (Wildman–Crippen MR) is 389 cm³/mol. The highest BCUT2D eigenvalue weighted by atomic mass is 31.2. The van der Waals surface area contributed by atoms with Gasteiger partial charge in [-0.05, 0) is 84.5 Å². The van der Waals surface area contributed by atoms with E-state index in [1.54, 1.807) is 13.8 Å². The highest BCUT2D eigenvalue weighted by molar-refractivity contribution is 7.48. The molecule has 0 aromatic carbocycles. The number of unbranched alkanes of at least 4 members (excludes halogenated alkanes) is 9. The summed E-state index contributed by atoms with van der Waals surface area (Å²) in [5.41, 5.74) is -1.46. The molecule has 39 nitrogen and oxygen atoms in total. The Balaban J connectivity index is 1.60. The number of phosphoric acid groups is 4. The quantitative estimate of drug-likeness (QED) is 0.0306. The number of aliphatic hydroxyl groups excluding tert-OH is 9. The number of ether oxygens (including phenoxy) is 12. The summed E-state index contributed by atoms with van der Waals surface area (Å²) in [5, 5.41) is 92.6. The number of hydrogen-bond donors (Lipinski definition) is 14. The van der Waals surface area contributed by atoms with Gasteiger partial charge in [0.25, 0.3) is 0 Å². The van der Waals surface area contributed by atoms with Gasteiger partial charge in [-0.2, -0.15) is 0 Å². The minimum absolute atomic E-state index is 0.0217. The molecule has 0 aliphatic carbocycles. The van der Waals surface area contributed by atoms with Gasteiger partial charge in [0.1, 0.15) is 48.8 Å². The molecule has 3 heterocycles. The molecule has 0 radical (unpaired) electrons. The van der Waals surface area contributed by atoms with Crippen molar-refractivity contribution in [3.05, 3.63) is 0 Å². The molecule has 14 N–H and O–H groups in total. The van der Waals surface area contributed by atoms with E-state index in [-0.39, 0.29) is 150 Å². The molecule has 0 bridgehead atoms. The lowest BCUT2D eigenvalue weighted by Gasteiger charge is -2.42. The maximum Gasteiger partial charge on any atom is 0.472 e. The number of hydrogen-bond acceptors (Lipinski definition) is 34. The third-order valence-electron chi connectivity index (χ3n) is 17.5. The third-order valence-corrected chi connectivity index (χ3v) is 21.6. The number of amides is 1. The van der Waals surface area contributed by atoms with Crippen LogP contribution in [0, 0.1) is 23.2 Å². The van der Waals surface area contributed by atoms with Crippen LogP contribution in [0.3, 0.4) is 0 Å². The molecule has 0 aromatic heterocycles. The monoisotopic (exact) mass is 1680 g/mol. The van der Waals surface area contributed by atoms with Gasteiger partial charge in [-0.25, -0.2) is 18.3 Å². The fraction of sp³-hybridized carbons (Fsp3) is 0.985. The zero-order chi connectivity index (χ0) is 81.4.